The lowest BCUT2D eigenvalue weighted by Crippen LogP contribution is -2.23. The van der Waals surface area contributed by atoms with E-state index in [-0.39, 0.29) is 11.2 Å². The van der Waals surface area contributed by atoms with Crippen molar-refractivity contribution in [2.24, 2.45) is 0 Å². The van der Waals surface area contributed by atoms with Gasteiger partial charge in [-0.15, -0.1) is 0 Å². The summed E-state index contributed by atoms with van der Waals surface area (Å²) < 4.78 is 4.97. The van der Waals surface area contributed by atoms with Crippen molar-refractivity contribution < 1.29 is 9.32 Å². The molecule has 1 saturated carbocycles. The van der Waals surface area contributed by atoms with Gasteiger partial charge in [-0.1, -0.05) is 29.1 Å². The Morgan fingerprint density at radius 2 is 2.12 bits per heavy atom. The molecule has 1 aliphatic carbocycles. The molecule has 1 fully saturated rings. The summed E-state index contributed by atoms with van der Waals surface area (Å²) in [4.78, 5) is 21.6. The summed E-state index contributed by atoms with van der Waals surface area (Å²) in [6.45, 7) is 3.59. The summed E-state index contributed by atoms with van der Waals surface area (Å²) >= 11 is 1.32. The number of benzene rings is 1. The zero-order valence-corrected chi connectivity index (χ0v) is 15.3. The highest BCUT2D eigenvalue weighted by molar-refractivity contribution is 8.00. The average molecular weight is 369 g/mol. The molecule has 1 aromatic carbocycles. The van der Waals surface area contributed by atoms with Gasteiger partial charge in [0, 0.05) is 17.5 Å². The zero-order chi connectivity index (χ0) is 18.1. The second-order valence-electron chi connectivity index (χ2n) is 6.36. The second kappa shape index (κ2) is 6.95. The molecule has 0 saturated heterocycles. The SMILES string of the molecule is Cc1cc(NC(=O)[C@@H](C)Sc2nc(NC3CC3)c3ccccc3n2)no1. The van der Waals surface area contributed by atoms with E-state index in [4.69, 9.17) is 4.52 Å². The van der Waals surface area contributed by atoms with Gasteiger partial charge in [-0.05, 0) is 38.8 Å². The van der Waals surface area contributed by atoms with Gasteiger partial charge in [-0.2, -0.15) is 0 Å². The highest BCUT2D eigenvalue weighted by Crippen LogP contribution is 2.31. The molecular formula is C18H19N5O2S. The van der Waals surface area contributed by atoms with E-state index in [0.29, 0.717) is 22.8 Å². The fraction of sp³-hybridized carbons (Fsp3) is 0.333. The first-order valence-electron chi connectivity index (χ1n) is 8.52. The highest BCUT2D eigenvalue weighted by Gasteiger charge is 2.24. The summed E-state index contributed by atoms with van der Waals surface area (Å²) in [6, 6.07) is 10.1. The van der Waals surface area contributed by atoms with E-state index in [9.17, 15) is 4.79 Å². The normalized spacial score (nSPS) is 15.0. The summed E-state index contributed by atoms with van der Waals surface area (Å²) in [5.74, 6) is 1.72. The number of hydrogen-bond donors (Lipinski definition) is 2. The third kappa shape index (κ3) is 3.80. The van der Waals surface area contributed by atoms with Crippen LogP contribution in [0.15, 0.2) is 40.0 Å². The molecule has 2 heterocycles. The minimum absolute atomic E-state index is 0.170. The Labute approximate surface area is 155 Å². The van der Waals surface area contributed by atoms with Crippen LogP contribution >= 0.6 is 11.8 Å². The van der Waals surface area contributed by atoms with Crippen molar-refractivity contribution in [3.8, 4) is 0 Å². The van der Waals surface area contributed by atoms with Crippen molar-refractivity contribution in [1.82, 2.24) is 15.1 Å². The fourth-order valence-corrected chi connectivity index (χ4v) is 3.28. The number of rotatable bonds is 6. The molecule has 1 atom stereocenters. The molecule has 0 spiro atoms. The van der Waals surface area contributed by atoms with Gasteiger partial charge in [0.05, 0.1) is 10.8 Å². The predicted octanol–water partition coefficient (Wildman–Crippen LogP) is 3.62. The molecule has 7 nitrogen and oxygen atoms in total. The first-order chi connectivity index (χ1) is 12.6. The number of aryl methyl sites for hydroxylation is 1. The smallest absolute Gasteiger partial charge is 0.238 e. The number of fused-ring (bicyclic) bond motifs is 1. The minimum atomic E-state index is -0.373. The Morgan fingerprint density at radius 1 is 1.31 bits per heavy atom. The number of aromatic nitrogens is 3. The van der Waals surface area contributed by atoms with Crippen LogP contribution in [0.1, 0.15) is 25.5 Å². The van der Waals surface area contributed by atoms with Crippen molar-refractivity contribution in [3.05, 3.63) is 36.1 Å². The van der Waals surface area contributed by atoms with E-state index in [0.717, 1.165) is 29.6 Å². The first kappa shape index (κ1) is 16.8. The molecule has 8 heteroatoms. The molecule has 0 bridgehead atoms. The number of para-hydroxylation sites is 1. The largest absolute Gasteiger partial charge is 0.367 e. The van der Waals surface area contributed by atoms with Crippen LogP contribution in [0.2, 0.25) is 0 Å². The van der Waals surface area contributed by atoms with Crippen LogP contribution in [-0.4, -0.2) is 32.3 Å². The van der Waals surface area contributed by atoms with E-state index in [1.54, 1.807) is 13.0 Å². The second-order valence-corrected chi connectivity index (χ2v) is 7.67. The van der Waals surface area contributed by atoms with E-state index < -0.39 is 0 Å². The Hall–Kier alpha value is -2.61. The Kier molecular flexibility index (Phi) is 4.50. The maximum atomic E-state index is 12.4. The van der Waals surface area contributed by atoms with Gasteiger partial charge in [0.25, 0.3) is 0 Å². The molecular weight excluding hydrogens is 350 g/mol. The maximum absolute atomic E-state index is 12.4. The number of carbonyl (C=O) groups excluding carboxylic acids is 1. The van der Waals surface area contributed by atoms with E-state index >= 15 is 0 Å². The lowest BCUT2D eigenvalue weighted by Gasteiger charge is -2.12. The van der Waals surface area contributed by atoms with Crippen molar-refractivity contribution in [3.63, 3.8) is 0 Å². The van der Waals surface area contributed by atoms with Crippen LogP contribution in [0.25, 0.3) is 10.9 Å². The van der Waals surface area contributed by atoms with Gasteiger partial charge in [0.1, 0.15) is 11.6 Å². The van der Waals surface area contributed by atoms with E-state index in [1.807, 2.05) is 31.2 Å². The monoisotopic (exact) mass is 369 g/mol. The van der Waals surface area contributed by atoms with Crippen LogP contribution in [0.4, 0.5) is 11.6 Å². The standard InChI is InChI=1S/C18H19N5O2S/c1-10-9-15(23-25-10)21-17(24)11(2)26-18-20-14-6-4-3-5-13(14)16(22-18)19-12-7-8-12/h3-6,9,11-12H,7-8H2,1-2H3,(H,19,20,22)(H,21,23,24)/t11-/m1/s1. The third-order valence-electron chi connectivity index (χ3n) is 4.03. The number of amides is 1. The first-order valence-corrected chi connectivity index (χ1v) is 9.40. The van der Waals surface area contributed by atoms with Crippen LogP contribution in [0.3, 0.4) is 0 Å². The number of thioether (sulfide) groups is 1. The van der Waals surface area contributed by atoms with Gasteiger partial charge in [-0.25, -0.2) is 9.97 Å². The van der Waals surface area contributed by atoms with Crippen LogP contribution in [0, 0.1) is 6.92 Å². The topological polar surface area (TPSA) is 92.9 Å². The molecule has 4 rings (SSSR count). The van der Waals surface area contributed by atoms with Crippen LogP contribution in [0.5, 0.6) is 0 Å². The van der Waals surface area contributed by atoms with Crippen LogP contribution in [-0.2, 0) is 4.79 Å². The Morgan fingerprint density at radius 3 is 2.85 bits per heavy atom. The van der Waals surface area contributed by atoms with Crippen LogP contribution < -0.4 is 10.6 Å². The maximum Gasteiger partial charge on any atom is 0.238 e. The van der Waals surface area contributed by atoms with Gasteiger partial charge in [0.2, 0.25) is 5.91 Å². The van der Waals surface area contributed by atoms with Gasteiger partial charge in [-0.3, -0.25) is 4.79 Å². The summed E-state index contributed by atoms with van der Waals surface area (Å²) in [7, 11) is 0. The zero-order valence-electron chi connectivity index (χ0n) is 14.5. The van der Waals surface area contributed by atoms with Crippen molar-refractivity contribution in [1.29, 1.82) is 0 Å². The molecule has 0 aliphatic heterocycles. The Balaban J connectivity index is 1.52. The van der Waals surface area contributed by atoms with Crippen molar-refractivity contribution in [2.45, 2.75) is 43.1 Å². The molecule has 26 heavy (non-hydrogen) atoms. The quantitative estimate of drug-likeness (QED) is 0.506. The molecule has 1 amide bonds. The summed E-state index contributed by atoms with van der Waals surface area (Å²) in [5, 5.41) is 11.2. The van der Waals surface area contributed by atoms with Gasteiger partial charge < -0.3 is 15.2 Å². The van der Waals surface area contributed by atoms with Gasteiger partial charge >= 0.3 is 0 Å². The minimum Gasteiger partial charge on any atom is -0.367 e. The number of nitrogens with zero attached hydrogens (tertiary/aromatic N) is 3. The molecule has 0 unspecified atom stereocenters. The number of anilines is 2. The Bertz CT molecular complexity index is 954. The summed E-state index contributed by atoms with van der Waals surface area (Å²) in [6.07, 6.45) is 2.33. The number of nitrogens with one attached hydrogen (secondary N) is 2. The average Bonchev–Trinajstić information content (AvgIpc) is 3.35. The highest BCUT2D eigenvalue weighted by atomic mass is 32.2. The number of carbonyl (C=O) groups is 1. The molecule has 0 radical (unpaired) electrons. The van der Waals surface area contributed by atoms with E-state index in [2.05, 4.69) is 25.8 Å². The lowest BCUT2D eigenvalue weighted by atomic mass is 10.2. The van der Waals surface area contributed by atoms with E-state index in [1.165, 1.54) is 11.8 Å². The lowest BCUT2D eigenvalue weighted by molar-refractivity contribution is -0.115. The third-order valence-corrected chi connectivity index (χ3v) is 4.99. The molecule has 2 N–H and O–H groups in total. The van der Waals surface area contributed by atoms with Gasteiger partial charge in [0.15, 0.2) is 11.0 Å². The van der Waals surface area contributed by atoms with Crippen molar-refractivity contribution in [2.75, 3.05) is 10.6 Å². The summed E-state index contributed by atoms with van der Waals surface area (Å²) in [5.41, 5.74) is 0.868. The molecule has 1 aliphatic rings. The molecule has 2 aromatic heterocycles. The van der Waals surface area contributed by atoms with Crippen molar-refractivity contribution >= 4 is 40.2 Å². The number of hydrogen-bond acceptors (Lipinski definition) is 7. The fourth-order valence-electron chi connectivity index (χ4n) is 2.50. The molecule has 134 valence electrons. The molecule has 3 aromatic rings. The predicted molar refractivity (Wildman–Crippen MR) is 101 cm³/mol.